The lowest BCUT2D eigenvalue weighted by atomic mass is 10.1. The van der Waals surface area contributed by atoms with Gasteiger partial charge in [-0.2, -0.15) is 0 Å². The Kier molecular flexibility index (Phi) is 3.75. The maximum Gasteiger partial charge on any atom is 0.124 e. The number of para-hydroxylation sites is 2. The molecule has 0 atom stereocenters. The fourth-order valence-corrected chi connectivity index (χ4v) is 2.80. The first-order valence-corrected chi connectivity index (χ1v) is 7.37. The second kappa shape index (κ2) is 5.68. The van der Waals surface area contributed by atoms with E-state index in [4.69, 9.17) is 11.6 Å². The SMILES string of the molecule is Cc1ccccc1CCn1c(CCl)nc2ccccc21. The molecule has 2 aromatic carbocycles. The fraction of sp³-hybridized carbons (Fsp3) is 0.235. The number of nitrogens with zero attached hydrogens (tertiary/aromatic N) is 2. The van der Waals surface area contributed by atoms with Crippen molar-refractivity contribution in [1.82, 2.24) is 9.55 Å². The van der Waals surface area contributed by atoms with Gasteiger partial charge >= 0.3 is 0 Å². The number of aromatic nitrogens is 2. The van der Waals surface area contributed by atoms with Gasteiger partial charge < -0.3 is 4.57 Å². The number of halogens is 1. The summed E-state index contributed by atoms with van der Waals surface area (Å²) in [6, 6.07) is 16.7. The van der Waals surface area contributed by atoms with Crippen molar-refractivity contribution in [3.63, 3.8) is 0 Å². The molecule has 2 nitrogen and oxygen atoms in total. The number of fused-ring (bicyclic) bond motifs is 1. The topological polar surface area (TPSA) is 17.8 Å². The van der Waals surface area contributed by atoms with Crippen molar-refractivity contribution in [2.45, 2.75) is 25.8 Å². The molecule has 0 bridgehead atoms. The highest BCUT2D eigenvalue weighted by Gasteiger charge is 2.09. The third-order valence-corrected chi connectivity index (χ3v) is 3.96. The maximum absolute atomic E-state index is 6.03. The molecule has 0 amide bonds. The summed E-state index contributed by atoms with van der Waals surface area (Å²) in [5, 5.41) is 0. The van der Waals surface area contributed by atoms with Gasteiger partial charge in [0.25, 0.3) is 0 Å². The Balaban J connectivity index is 1.92. The van der Waals surface area contributed by atoms with Crippen LogP contribution in [-0.2, 0) is 18.8 Å². The molecular weight excluding hydrogens is 268 g/mol. The largest absolute Gasteiger partial charge is 0.327 e. The van der Waals surface area contributed by atoms with Gasteiger partial charge in [0.1, 0.15) is 5.82 Å². The summed E-state index contributed by atoms with van der Waals surface area (Å²) in [7, 11) is 0. The molecule has 1 heterocycles. The Morgan fingerprint density at radius 2 is 1.80 bits per heavy atom. The van der Waals surface area contributed by atoms with E-state index >= 15 is 0 Å². The predicted octanol–water partition coefficient (Wildman–Crippen LogP) is 4.33. The molecule has 102 valence electrons. The van der Waals surface area contributed by atoms with Gasteiger partial charge in [-0.25, -0.2) is 4.98 Å². The Labute approximate surface area is 124 Å². The van der Waals surface area contributed by atoms with Crippen LogP contribution in [0.15, 0.2) is 48.5 Å². The summed E-state index contributed by atoms with van der Waals surface area (Å²) in [6.07, 6.45) is 0.997. The van der Waals surface area contributed by atoms with Crippen molar-refractivity contribution in [2.75, 3.05) is 0 Å². The molecule has 1 aromatic heterocycles. The van der Waals surface area contributed by atoms with Gasteiger partial charge in [-0.15, -0.1) is 11.6 Å². The van der Waals surface area contributed by atoms with Gasteiger partial charge in [-0.3, -0.25) is 0 Å². The van der Waals surface area contributed by atoms with Crippen molar-refractivity contribution in [1.29, 1.82) is 0 Å². The minimum atomic E-state index is 0.447. The first-order valence-electron chi connectivity index (χ1n) is 6.84. The molecule has 0 N–H and O–H groups in total. The zero-order valence-electron chi connectivity index (χ0n) is 11.5. The summed E-state index contributed by atoms with van der Waals surface area (Å²) >= 11 is 6.03. The Bertz CT molecular complexity index is 731. The van der Waals surface area contributed by atoms with Crippen LogP contribution in [0.25, 0.3) is 11.0 Å². The summed E-state index contributed by atoms with van der Waals surface area (Å²) in [6.45, 7) is 3.07. The predicted molar refractivity (Wildman–Crippen MR) is 84.2 cm³/mol. The zero-order chi connectivity index (χ0) is 13.9. The van der Waals surface area contributed by atoms with E-state index in [1.165, 1.54) is 11.1 Å². The monoisotopic (exact) mass is 284 g/mol. The van der Waals surface area contributed by atoms with E-state index in [9.17, 15) is 0 Å². The van der Waals surface area contributed by atoms with Crippen LogP contribution in [-0.4, -0.2) is 9.55 Å². The van der Waals surface area contributed by atoms with Crippen molar-refractivity contribution in [3.05, 3.63) is 65.5 Å². The third kappa shape index (κ3) is 2.44. The van der Waals surface area contributed by atoms with Gasteiger partial charge in [0, 0.05) is 6.54 Å². The standard InChI is InChI=1S/C17H17ClN2/c1-13-6-2-3-7-14(13)10-11-20-16-9-5-4-8-15(16)19-17(20)12-18/h2-9H,10-12H2,1H3. The minimum absolute atomic E-state index is 0.447. The molecule has 3 rings (SSSR count). The van der Waals surface area contributed by atoms with E-state index in [0.717, 1.165) is 29.8 Å². The highest BCUT2D eigenvalue weighted by molar-refractivity contribution is 6.16. The molecule has 3 heteroatoms. The van der Waals surface area contributed by atoms with Crippen LogP contribution < -0.4 is 0 Å². The molecule has 0 aliphatic heterocycles. The zero-order valence-corrected chi connectivity index (χ0v) is 12.3. The second-order valence-corrected chi connectivity index (χ2v) is 5.25. The molecule has 0 spiro atoms. The van der Waals surface area contributed by atoms with Crippen LogP contribution in [0.5, 0.6) is 0 Å². The summed E-state index contributed by atoms with van der Waals surface area (Å²) in [4.78, 5) is 4.60. The van der Waals surface area contributed by atoms with Crippen LogP contribution in [0.2, 0.25) is 0 Å². The lowest BCUT2D eigenvalue weighted by Gasteiger charge is -2.09. The number of hydrogen-bond donors (Lipinski definition) is 0. The van der Waals surface area contributed by atoms with Crippen molar-refractivity contribution >= 4 is 22.6 Å². The van der Waals surface area contributed by atoms with Gasteiger partial charge in [-0.1, -0.05) is 36.4 Å². The van der Waals surface area contributed by atoms with Gasteiger partial charge in [0.05, 0.1) is 16.9 Å². The van der Waals surface area contributed by atoms with E-state index in [0.29, 0.717) is 5.88 Å². The Hall–Kier alpha value is -1.80. The van der Waals surface area contributed by atoms with E-state index in [1.54, 1.807) is 0 Å². The smallest absolute Gasteiger partial charge is 0.124 e. The molecule has 0 radical (unpaired) electrons. The molecule has 3 aromatic rings. The molecule has 0 aliphatic rings. The lowest BCUT2D eigenvalue weighted by molar-refractivity contribution is 0.686. The van der Waals surface area contributed by atoms with E-state index < -0.39 is 0 Å². The van der Waals surface area contributed by atoms with Crippen LogP contribution in [0.1, 0.15) is 17.0 Å². The fourth-order valence-electron chi connectivity index (χ4n) is 2.60. The molecule has 0 saturated carbocycles. The van der Waals surface area contributed by atoms with Crippen LogP contribution >= 0.6 is 11.6 Å². The molecule has 0 saturated heterocycles. The maximum atomic E-state index is 6.03. The third-order valence-electron chi connectivity index (χ3n) is 3.72. The highest BCUT2D eigenvalue weighted by Crippen LogP contribution is 2.18. The quantitative estimate of drug-likeness (QED) is 0.652. The number of alkyl halides is 1. The summed E-state index contributed by atoms with van der Waals surface area (Å²) in [5.74, 6) is 1.39. The number of hydrogen-bond acceptors (Lipinski definition) is 1. The molecule has 0 aliphatic carbocycles. The average Bonchev–Trinajstić information content (AvgIpc) is 2.84. The first kappa shape index (κ1) is 13.2. The van der Waals surface area contributed by atoms with E-state index in [1.807, 2.05) is 18.2 Å². The van der Waals surface area contributed by atoms with Crippen molar-refractivity contribution in [2.24, 2.45) is 0 Å². The van der Waals surface area contributed by atoms with Crippen LogP contribution in [0.4, 0.5) is 0 Å². The van der Waals surface area contributed by atoms with Crippen molar-refractivity contribution in [3.8, 4) is 0 Å². The van der Waals surface area contributed by atoms with E-state index in [-0.39, 0.29) is 0 Å². The number of rotatable bonds is 4. The number of imidazole rings is 1. The van der Waals surface area contributed by atoms with Gasteiger partial charge in [0.15, 0.2) is 0 Å². The summed E-state index contributed by atoms with van der Waals surface area (Å²) in [5.41, 5.74) is 4.90. The highest BCUT2D eigenvalue weighted by atomic mass is 35.5. The molecular formula is C17H17ClN2. The number of aryl methyl sites for hydroxylation is 3. The Morgan fingerprint density at radius 3 is 2.60 bits per heavy atom. The van der Waals surface area contributed by atoms with Gasteiger partial charge in [0.2, 0.25) is 0 Å². The van der Waals surface area contributed by atoms with Crippen LogP contribution in [0, 0.1) is 6.92 Å². The summed E-state index contributed by atoms with van der Waals surface area (Å²) < 4.78 is 2.23. The van der Waals surface area contributed by atoms with Gasteiger partial charge in [-0.05, 0) is 36.6 Å². The molecule has 20 heavy (non-hydrogen) atoms. The average molecular weight is 285 g/mol. The first-order chi connectivity index (χ1) is 9.79. The molecule has 0 fully saturated rings. The normalized spacial score (nSPS) is 11.1. The van der Waals surface area contributed by atoms with Crippen molar-refractivity contribution < 1.29 is 0 Å². The van der Waals surface area contributed by atoms with Crippen LogP contribution in [0.3, 0.4) is 0 Å². The Morgan fingerprint density at radius 1 is 1.05 bits per heavy atom. The van der Waals surface area contributed by atoms with E-state index in [2.05, 4.69) is 46.8 Å². The lowest BCUT2D eigenvalue weighted by Crippen LogP contribution is -2.05. The number of benzene rings is 2. The molecule has 0 unspecified atom stereocenters. The minimum Gasteiger partial charge on any atom is -0.327 e. The second-order valence-electron chi connectivity index (χ2n) is 4.98.